The Morgan fingerprint density at radius 2 is 1.36 bits per heavy atom. The van der Waals surface area contributed by atoms with Crippen molar-refractivity contribution in [3.63, 3.8) is 0 Å². The van der Waals surface area contributed by atoms with E-state index in [9.17, 15) is 63.3 Å². The maximum atomic E-state index is 12.4. The molecule has 0 spiro atoms. The van der Waals surface area contributed by atoms with Crippen LogP contribution in [0.4, 0.5) is 0 Å². The van der Waals surface area contributed by atoms with Gasteiger partial charge < -0.3 is 4.74 Å². The molecule has 2 aliphatic heterocycles. The second-order valence-corrected chi connectivity index (χ2v) is 19.2. The van der Waals surface area contributed by atoms with Crippen molar-refractivity contribution in [2.24, 2.45) is 0 Å². The van der Waals surface area contributed by atoms with Crippen molar-refractivity contribution in [1.82, 2.24) is 9.97 Å². The molecular formula is C21H33N2O22P5. The Labute approximate surface area is 282 Å². The molecule has 2 aliphatic rings. The maximum absolute atomic E-state index is 12.4. The summed E-state index contributed by atoms with van der Waals surface area (Å²) in [6.07, 6.45) is -12.3. The van der Waals surface area contributed by atoms with Crippen molar-refractivity contribution in [1.29, 1.82) is 0 Å². The van der Waals surface area contributed by atoms with Gasteiger partial charge >= 0.3 is 253 Å². The number of aromatic amines is 2. The van der Waals surface area contributed by atoms with Crippen LogP contribution in [0.2, 0.25) is 0 Å². The Morgan fingerprint density at radius 1 is 0.820 bits per heavy atom. The van der Waals surface area contributed by atoms with E-state index in [1.54, 1.807) is 0 Å². The van der Waals surface area contributed by atoms with E-state index < -0.39 is 105 Å². The zero-order valence-corrected chi connectivity index (χ0v) is 30.0. The summed E-state index contributed by atoms with van der Waals surface area (Å²) in [5, 5.41) is 41.0. The number of methoxy groups -OCH3 is 1. The van der Waals surface area contributed by atoms with Crippen molar-refractivity contribution < 1.29 is 94.6 Å². The Morgan fingerprint density at radius 3 is 1.96 bits per heavy atom. The fraction of sp³-hybridized carbons (Fsp3) is 0.524. The number of rotatable bonds is 16. The molecule has 284 valence electrons. The molecule has 24 nitrogen and oxygen atoms in total. The van der Waals surface area contributed by atoms with Gasteiger partial charge in [0.05, 0.1) is 7.11 Å². The Balaban J connectivity index is 1.27. The van der Waals surface area contributed by atoms with Crippen LogP contribution >= 0.6 is 40.0 Å². The molecule has 4 rings (SSSR count). The number of phosphoric acid groups is 3. The zero-order chi connectivity index (χ0) is 37.2. The van der Waals surface area contributed by atoms with Crippen LogP contribution in [-0.4, -0.2) is 113 Å². The van der Waals surface area contributed by atoms with Crippen molar-refractivity contribution >= 4 is 40.0 Å². The molecule has 0 amide bonds. The average molecular weight is 820 g/mol. The summed E-state index contributed by atoms with van der Waals surface area (Å²) in [4.78, 5) is 67.5. The van der Waals surface area contributed by atoms with Crippen molar-refractivity contribution in [2.45, 2.75) is 49.0 Å². The van der Waals surface area contributed by atoms with E-state index >= 15 is 0 Å². The number of aliphatic hydroxyl groups is 4. The predicted octanol–water partition coefficient (Wildman–Crippen LogP) is -1.58. The molecule has 0 bridgehead atoms. The Kier molecular flexibility index (Phi) is 13.4. The molecule has 12 atom stereocenters. The van der Waals surface area contributed by atoms with Gasteiger partial charge in [-0.25, -0.2) is 0 Å². The van der Waals surface area contributed by atoms with Crippen LogP contribution in [0.25, 0.3) is 0 Å². The van der Waals surface area contributed by atoms with E-state index in [-0.39, 0.29) is 11.3 Å². The normalized spacial score (nSPS) is 31.0. The molecule has 2 fully saturated rings. The minimum atomic E-state index is -5.89. The number of phosphoric ester groups is 2. The van der Waals surface area contributed by atoms with Crippen LogP contribution in [0.1, 0.15) is 11.7 Å². The van der Waals surface area contributed by atoms with Crippen molar-refractivity contribution in [2.75, 3.05) is 20.3 Å². The fourth-order valence-corrected chi connectivity index (χ4v) is 12.4. The van der Waals surface area contributed by atoms with Gasteiger partial charge in [0.15, 0.2) is 0 Å². The van der Waals surface area contributed by atoms with Gasteiger partial charge in [0.25, 0.3) is 0 Å². The first-order chi connectivity index (χ1) is 23.1. The number of hydrogen-bond acceptors (Lipinski definition) is 19. The number of hydrogen-bond donors (Lipinski definition) is 10. The number of nitrogens with one attached hydrogen (secondary N) is 2. The smallest absolute Gasteiger partial charge is 0.0163 e. The molecule has 10 N–H and O–H groups in total. The molecule has 0 saturated carbocycles. The van der Waals surface area contributed by atoms with E-state index in [1.807, 2.05) is 4.98 Å². The monoisotopic (exact) mass is 820 g/mol. The first kappa shape index (κ1) is 41.2. The van der Waals surface area contributed by atoms with E-state index in [4.69, 9.17) is 18.9 Å². The summed E-state index contributed by atoms with van der Waals surface area (Å²) in [7, 11) is -19.7. The summed E-state index contributed by atoms with van der Waals surface area (Å²) in [5.74, 6) is 0.675. The molecule has 0 radical (unpaired) electrons. The van der Waals surface area contributed by atoms with Gasteiger partial charge in [-0.2, -0.15) is 0 Å². The van der Waals surface area contributed by atoms with Crippen LogP contribution in [-0.2, 0) is 45.1 Å². The van der Waals surface area contributed by atoms with Crippen LogP contribution in [0.3, 0.4) is 0 Å². The third-order valence-electron chi connectivity index (χ3n) is 6.65. The quantitative estimate of drug-likeness (QED) is 0.0854. The fourth-order valence-electron chi connectivity index (χ4n) is 4.39. The summed E-state index contributed by atoms with van der Waals surface area (Å²) in [5.41, 5.74) is -2.17. The van der Waals surface area contributed by atoms with E-state index in [1.165, 1.54) is 40.3 Å². The molecule has 50 heavy (non-hydrogen) atoms. The standard InChI is InChI=1S/C21H33N2O22P5/c1-37-9-2-4-10(5-3-9)40-20-17(27)15(25)13(42-20)8-38-47(30,31)43-49(34,35)45-50(36,46)44-48(32,33)39-7-12-14(24)16(26)18(41-12)11-6-22-21(29)23-19(11)28/h2-6,12-18,20,24-27,36,50H,7-8,46H2,1H3,(H,30,31)(H,32,33)(H,34,35)(H2,22,23,28,29)/t12-,13-,14-,15-,16-,17-,18+,20-/m1/s1. The van der Waals surface area contributed by atoms with Crippen LogP contribution in [0.15, 0.2) is 40.1 Å². The van der Waals surface area contributed by atoms with Gasteiger partial charge in [-0.05, 0) is 12.1 Å². The number of aromatic nitrogens is 2. The van der Waals surface area contributed by atoms with Crippen LogP contribution in [0, 0.1) is 0 Å². The van der Waals surface area contributed by atoms with E-state index in [0.29, 0.717) is 5.75 Å². The molecule has 2 aromatic rings. The summed E-state index contributed by atoms with van der Waals surface area (Å²) >= 11 is 0. The van der Waals surface area contributed by atoms with Gasteiger partial charge in [-0.15, -0.1) is 0 Å². The van der Waals surface area contributed by atoms with Crippen LogP contribution in [0.5, 0.6) is 11.5 Å². The van der Waals surface area contributed by atoms with Crippen LogP contribution < -0.4 is 20.7 Å². The summed E-state index contributed by atoms with van der Waals surface area (Å²) < 4.78 is 80.1. The molecule has 1 aromatic carbocycles. The number of ether oxygens (including phenoxy) is 4. The third-order valence-corrected chi connectivity index (χ3v) is 15.1. The zero-order valence-electron chi connectivity index (χ0n) is 25.1. The summed E-state index contributed by atoms with van der Waals surface area (Å²) in [6, 6.07) is 5.97. The van der Waals surface area contributed by atoms with Gasteiger partial charge in [0.2, 0.25) is 0 Å². The SMILES string of the molecule is COc1ccc(O[C@@H]2O[C@H](COP(=O)(O)OP(=O)(O)O[PH](O)(P)OP(=O)(O)OC[C@H]3O[C@@H](c4c[nH]c(=O)[nH]c4=O)[C@H](O)[C@@H]3O)[C@@H](O)[C@H]2O)cc1. The number of aliphatic hydroxyl groups excluding tert-OH is 4. The molecule has 0 aliphatic carbocycles. The van der Waals surface area contributed by atoms with Gasteiger partial charge in [0, 0.05) is 0 Å². The summed E-state index contributed by atoms with van der Waals surface area (Å²) in [6.45, 7) is -2.09. The third kappa shape index (κ3) is 11.0. The average Bonchev–Trinajstić information content (AvgIpc) is 3.42. The van der Waals surface area contributed by atoms with Gasteiger partial charge in [0.1, 0.15) is 5.75 Å². The first-order valence-corrected chi connectivity index (χ1v) is 21.7. The number of benzene rings is 1. The molecule has 3 heterocycles. The molecule has 29 heteroatoms. The first-order valence-electron chi connectivity index (χ1n) is 13.7. The molecule has 2 saturated heterocycles. The van der Waals surface area contributed by atoms with Crippen molar-refractivity contribution in [3.05, 3.63) is 56.9 Å². The second-order valence-electron chi connectivity index (χ2n) is 10.3. The topological polar surface area (TPSA) is 362 Å². The predicted molar refractivity (Wildman–Crippen MR) is 166 cm³/mol. The molecular weight excluding hydrogens is 787 g/mol. The van der Waals surface area contributed by atoms with Crippen molar-refractivity contribution in [3.8, 4) is 11.5 Å². The van der Waals surface area contributed by atoms with Gasteiger partial charge in [-0.1, -0.05) is 0 Å². The van der Waals surface area contributed by atoms with Gasteiger partial charge in [-0.3, -0.25) is 0 Å². The Hall–Kier alpha value is -1.55. The number of H-pyrrole nitrogens is 2. The van der Waals surface area contributed by atoms with E-state index in [0.717, 1.165) is 6.20 Å². The molecule has 1 aromatic heterocycles. The molecule has 4 unspecified atom stereocenters. The minimum absolute atomic E-state index is 0.185. The van der Waals surface area contributed by atoms with E-state index in [2.05, 4.69) is 27.0 Å². The minimum Gasteiger partial charge on any atom is -0.0163 e. The Bertz CT molecular complexity index is 1740. The second kappa shape index (κ2) is 16.2.